The second-order valence-electron chi connectivity index (χ2n) is 6.38. The van der Waals surface area contributed by atoms with Crippen LogP contribution in [0.15, 0.2) is 41.1 Å². The lowest BCUT2D eigenvalue weighted by atomic mass is 10.1. The summed E-state index contributed by atoms with van der Waals surface area (Å²) < 4.78 is 11.4. The Kier molecular flexibility index (Phi) is 5.06. The molecule has 1 aromatic carbocycles. The summed E-state index contributed by atoms with van der Waals surface area (Å²) in [5.74, 6) is 2.67. The van der Waals surface area contributed by atoms with Gasteiger partial charge in [-0.2, -0.15) is 0 Å². The average molecular weight is 373 g/mol. The van der Waals surface area contributed by atoms with Crippen molar-refractivity contribution in [1.29, 1.82) is 0 Å². The van der Waals surface area contributed by atoms with E-state index in [2.05, 4.69) is 26.3 Å². The van der Waals surface area contributed by atoms with E-state index in [-0.39, 0.29) is 6.04 Å². The molecule has 0 aliphatic carbocycles. The summed E-state index contributed by atoms with van der Waals surface area (Å²) in [5, 5.41) is 5.09. The molecular formula is C19H21ClN4O2. The molecule has 1 atom stereocenters. The standard InChI is InChI=1S/C19H21ClN4O2/c1-13-2-5-18(26-13)17(24-6-8-25-9-7-24)11-21-19-15-4-3-14(20)10-16(15)22-12-23-19/h2-5,10,12,17H,6-9,11H2,1H3,(H,21,22,23). The van der Waals surface area contributed by atoms with Gasteiger partial charge in [-0.3, -0.25) is 4.90 Å². The Labute approximate surface area is 157 Å². The molecule has 1 N–H and O–H groups in total. The van der Waals surface area contributed by atoms with Crippen molar-refractivity contribution in [3.8, 4) is 0 Å². The van der Waals surface area contributed by atoms with Crippen molar-refractivity contribution in [2.45, 2.75) is 13.0 Å². The van der Waals surface area contributed by atoms with Crippen molar-refractivity contribution in [2.75, 3.05) is 38.2 Å². The summed E-state index contributed by atoms with van der Waals surface area (Å²) in [7, 11) is 0. The maximum atomic E-state index is 6.07. The number of morpholine rings is 1. The van der Waals surface area contributed by atoms with Gasteiger partial charge in [-0.05, 0) is 37.3 Å². The number of aromatic nitrogens is 2. The smallest absolute Gasteiger partial charge is 0.137 e. The van der Waals surface area contributed by atoms with E-state index < -0.39 is 0 Å². The molecule has 1 aliphatic heterocycles. The Morgan fingerprint density at radius 1 is 1.19 bits per heavy atom. The molecule has 1 aliphatic rings. The Bertz CT molecular complexity index is 892. The van der Waals surface area contributed by atoms with Crippen LogP contribution in [0.3, 0.4) is 0 Å². The maximum absolute atomic E-state index is 6.07. The van der Waals surface area contributed by atoms with Gasteiger partial charge in [-0.15, -0.1) is 0 Å². The molecule has 26 heavy (non-hydrogen) atoms. The Morgan fingerprint density at radius 2 is 2.04 bits per heavy atom. The largest absolute Gasteiger partial charge is 0.465 e. The molecular weight excluding hydrogens is 352 g/mol. The first-order valence-corrected chi connectivity index (χ1v) is 9.11. The van der Waals surface area contributed by atoms with E-state index >= 15 is 0 Å². The molecule has 3 heterocycles. The maximum Gasteiger partial charge on any atom is 0.137 e. The number of nitrogens with zero attached hydrogens (tertiary/aromatic N) is 3. The number of nitrogens with one attached hydrogen (secondary N) is 1. The predicted molar refractivity (Wildman–Crippen MR) is 102 cm³/mol. The molecule has 3 aromatic rings. The second-order valence-corrected chi connectivity index (χ2v) is 6.81. The minimum absolute atomic E-state index is 0.116. The van der Waals surface area contributed by atoms with E-state index in [9.17, 15) is 0 Å². The first-order chi connectivity index (χ1) is 12.7. The van der Waals surface area contributed by atoms with Crippen LogP contribution in [0.2, 0.25) is 5.02 Å². The van der Waals surface area contributed by atoms with Crippen LogP contribution in [-0.4, -0.2) is 47.7 Å². The van der Waals surface area contributed by atoms with Crippen molar-refractivity contribution >= 4 is 28.3 Å². The molecule has 1 fully saturated rings. The van der Waals surface area contributed by atoms with Crippen molar-refractivity contribution < 1.29 is 9.15 Å². The molecule has 0 spiro atoms. The van der Waals surface area contributed by atoms with Gasteiger partial charge in [-0.25, -0.2) is 9.97 Å². The number of rotatable bonds is 5. The summed E-state index contributed by atoms with van der Waals surface area (Å²) in [5.41, 5.74) is 0.826. The molecule has 4 rings (SSSR count). The number of hydrogen-bond donors (Lipinski definition) is 1. The van der Waals surface area contributed by atoms with E-state index in [4.69, 9.17) is 20.8 Å². The molecule has 0 bridgehead atoms. The van der Waals surface area contributed by atoms with Gasteiger partial charge < -0.3 is 14.5 Å². The van der Waals surface area contributed by atoms with Gasteiger partial charge in [0.15, 0.2) is 0 Å². The van der Waals surface area contributed by atoms with Crippen molar-refractivity contribution in [3.63, 3.8) is 0 Å². The highest BCUT2D eigenvalue weighted by Crippen LogP contribution is 2.27. The summed E-state index contributed by atoms with van der Waals surface area (Å²) >= 11 is 6.07. The number of aryl methyl sites for hydroxylation is 1. The van der Waals surface area contributed by atoms with Crippen LogP contribution in [0.25, 0.3) is 10.9 Å². The lowest BCUT2D eigenvalue weighted by molar-refractivity contribution is 0.0143. The molecule has 7 heteroatoms. The van der Waals surface area contributed by atoms with Gasteiger partial charge in [0.25, 0.3) is 0 Å². The predicted octanol–water partition coefficient (Wildman–Crippen LogP) is 3.67. The van der Waals surface area contributed by atoms with E-state index in [0.717, 1.165) is 54.5 Å². The molecule has 0 radical (unpaired) electrons. The number of halogens is 1. The van der Waals surface area contributed by atoms with Crippen molar-refractivity contribution in [1.82, 2.24) is 14.9 Å². The van der Waals surface area contributed by atoms with Gasteiger partial charge in [0.1, 0.15) is 23.7 Å². The van der Waals surface area contributed by atoms with Crippen molar-refractivity contribution in [3.05, 3.63) is 53.2 Å². The molecule has 136 valence electrons. The summed E-state index contributed by atoms with van der Waals surface area (Å²) in [6.07, 6.45) is 1.56. The number of benzene rings is 1. The first-order valence-electron chi connectivity index (χ1n) is 8.73. The van der Waals surface area contributed by atoms with E-state index in [1.807, 2.05) is 31.2 Å². The molecule has 6 nitrogen and oxygen atoms in total. The van der Waals surface area contributed by atoms with Crippen LogP contribution in [0.4, 0.5) is 5.82 Å². The Morgan fingerprint density at radius 3 is 2.81 bits per heavy atom. The number of anilines is 1. The fourth-order valence-corrected chi connectivity index (χ4v) is 3.46. The second kappa shape index (κ2) is 7.61. The number of ether oxygens (including phenoxy) is 1. The van der Waals surface area contributed by atoms with Crippen LogP contribution in [0.1, 0.15) is 17.6 Å². The van der Waals surface area contributed by atoms with Gasteiger partial charge in [0, 0.05) is 30.0 Å². The van der Waals surface area contributed by atoms with Gasteiger partial charge in [0.05, 0.1) is 24.8 Å². The minimum Gasteiger partial charge on any atom is -0.465 e. The van der Waals surface area contributed by atoms with Gasteiger partial charge in [-0.1, -0.05) is 11.6 Å². The zero-order chi connectivity index (χ0) is 17.9. The number of furan rings is 1. The fraction of sp³-hybridized carbons (Fsp3) is 0.368. The van der Waals surface area contributed by atoms with Gasteiger partial charge in [0.2, 0.25) is 0 Å². The Balaban J connectivity index is 1.58. The quantitative estimate of drug-likeness (QED) is 0.737. The molecule has 0 saturated carbocycles. The monoisotopic (exact) mass is 372 g/mol. The number of fused-ring (bicyclic) bond motifs is 1. The SMILES string of the molecule is Cc1ccc(C(CNc2ncnc3cc(Cl)ccc23)N2CCOCC2)o1. The first kappa shape index (κ1) is 17.3. The summed E-state index contributed by atoms with van der Waals surface area (Å²) in [4.78, 5) is 11.1. The Hall–Kier alpha value is -2.15. The average Bonchev–Trinajstić information content (AvgIpc) is 3.08. The van der Waals surface area contributed by atoms with Crippen LogP contribution in [0, 0.1) is 6.92 Å². The van der Waals surface area contributed by atoms with Crippen LogP contribution in [-0.2, 0) is 4.74 Å². The highest BCUT2D eigenvalue weighted by atomic mass is 35.5. The summed E-state index contributed by atoms with van der Waals surface area (Å²) in [6, 6.07) is 9.82. The molecule has 1 unspecified atom stereocenters. The van der Waals surface area contributed by atoms with Gasteiger partial charge >= 0.3 is 0 Å². The van der Waals surface area contributed by atoms with Crippen LogP contribution in [0.5, 0.6) is 0 Å². The van der Waals surface area contributed by atoms with Crippen LogP contribution < -0.4 is 5.32 Å². The fourth-order valence-electron chi connectivity index (χ4n) is 3.30. The minimum atomic E-state index is 0.116. The highest BCUT2D eigenvalue weighted by Gasteiger charge is 2.25. The van der Waals surface area contributed by atoms with E-state index in [0.29, 0.717) is 11.6 Å². The highest BCUT2D eigenvalue weighted by molar-refractivity contribution is 6.31. The van der Waals surface area contributed by atoms with E-state index in [1.54, 1.807) is 6.33 Å². The normalized spacial score (nSPS) is 16.7. The lowest BCUT2D eigenvalue weighted by Gasteiger charge is -2.33. The molecule has 1 saturated heterocycles. The summed E-state index contributed by atoms with van der Waals surface area (Å²) in [6.45, 7) is 5.89. The van der Waals surface area contributed by atoms with E-state index in [1.165, 1.54) is 0 Å². The molecule has 0 amide bonds. The van der Waals surface area contributed by atoms with Crippen molar-refractivity contribution in [2.24, 2.45) is 0 Å². The third kappa shape index (κ3) is 3.67. The number of hydrogen-bond acceptors (Lipinski definition) is 6. The zero-order valence-corrected chi connectivity index (χ0v) is 15.4. The third-order valence-corrected chi connectivity index (χ3v) is 4.87. The lowest BCUT2D eigenvalue weighted by Crippen LogP contribution is -2.41. The topological polar surface area (TPSA) is 63.4 Å². The van der Waals surface area contributed by atoms with Crippen LogP contribution >= 0.6 is 11.6 Å². The molecule has 2 aromatic heterocycles. The zero-order valence-electron chi connectivity index (χ0n) is 14.6. The third-order valence-electron chi connectivity index (χ3n) is 4.64.